The van der Waals surface area contributed by atoms with E-state index in [1.807, 2.05) is 36.2 Å². The Kier molecular flexibility index (Phi) is 6.12. The summed E-state index contributed by atoms with van der Waals surface area (Å²) >= 11 is 0. The molecule has 1 heterocycles. The first-order chi connectivity index (χ1) is 13.8. The number of ether oxygens (including phenoxy) is 3. The van der Waals surface area contributed by atoms with Crippen LogP contribution in [0.25, 0.3) is 11.1 Å². The summed E-state index contributed by atoms with van der Waals surface area (Å²) in [5, 5.41) is 12.3. The minimum atomic E-state index is -0.807. The summed E-state index contributed by atoms with van der Waals surface area (Å²) < 4.78 is 15.4. The fourth-order valence-corrected chi connectivity index (χ4v) is 3.71. The van der Waals surface area contributed by atoms with Gasteiger partial charge in [-0.05, 0) is 42.3 Å². The van der Waals surface area contributed by atoms with Crippen LogP contribution in [-0.2, 0) is 11.2 Å². The van der Waals surface area contributed by atoms with E-state index in [9.17, 15) is 10.0 Å². The molecule has 1 fully saturated rings. The average molecular weight is 400 g/mol. The van der Waals surface area contributed by atoms with Crippen LogP contribution in [0.3, 0.4) is 0 Å². The number of quaternary nitrogens is 1. The number of benzene rings is 2. The Labute approximate surface area is 171 Å². The van der Waals surface area contributed by atoms with E-state index in [1.165, 1.54) is 7.05 Å². The van der Waals surface area contributed by atoms with Crippen LogP contribution in [0, 0.1) is 5.21 Å². The number of methoxy groups -OCH3 is 3. The zero-order valence-electron chi connectivity index (χ0n) is 17.6. The molecule has 2 atom stereocenters. The monoisotopic (exact) mass is 400 g/mol. The van der Waals surface area contributed by atoms with Crippen LogP contribution in [0.1, 0.15) is 5.56 Å². The minimum Gasteiger partial charge on any atom is -0.625 e. The summed E-state index contributed by atoms with van der Waals surface area (Å²) in [5.74, 6) is 1.48. The number of hydroxylamine groups is 3. The van der Waals surface area contributed by atoms with Crippen molar-refractivity contribution in [3.63, 3.8) is 0 Å². The summed E-state index contributed by atoms with van der Waals surface area (Å²) in [5.41, 5.74) is 3.09. The van der Waals surface area contributed by atoms with Crippen LogP contribution in [0.15, 0.2) is 36.4 Å². The van der Waals surface area contributed by atoms with Gasteiger partial charge in [0.05, 0.1) is 34.4 Å². The second kappa shape index (κ2) is 8.41. The third kappa shape index (κ3) is 4.37. The van der Waals surface area contributed by atoms with Crippen molar-refractivity contribution in [2.45, 2.75) is 12.5 Å². The second-order valence-electron chi connectivity index (χ2n) is 7.56. The molecular weight excluding hydrogens is 372 g/mol. The number of hydrogen-bond acceptors (Lipinski definition) is 6. The summed E-state index contributed by atoms with van der Waals surface area (Å²) in [4.78, 5) is 13.8. The first kappa shape index (κ1) is 21.1. The van der Waals surface area contributed by atoms with Crippen LogP contribution < -0.4 is 14.2 Å². The quantitative estimate of drug-likeness (QED) is 0.549. The van der Waals surface area contributed by atoms with Crippen molar-refractivity contribution in [1.29, 1.82) is 0 Å². The van der Waals surface area contributed by atoms with Gasteiger partial charge in [0.15, 0.2) is 11.5 Å². The maximum absolute atomic E-state index is 12.3. The molecule has 2 aromatic carbocycles. The number of nitrogens with zero attached hydrogens (tertiary/aromatic N) is 2. The summed E-state index contributed by atoms with van der Waals surface area (Å²) in [6.07, 6.45) is 0.718. The fourth-order valence-electron chi connectivity index (χ4n) is 3.71. The number of amides is 1. The van der Waals surface area contributed by atoms with Crippen molar-refractivity contribution in [2.75, 3.05) is 48.5 Å². The van der Waals surface area contributed by atoms with Gasteiger partial charge >= 0.3 is 5.91 Å². The van der Waals surface area contributed by atoms with Crippen LogP contribution >= 0.6 is 0 Å². The van der Waals surface area contributed by atoms with E-state index < -0.39 is 4.65 Å². The van der Waals surface area contributed by atoms with E-state index in [-0.39, 0.29) is 25.0 Å². The number of carbonyl (C=O) groups excluding carboxylic acids is 1. The van der Waals surface area contributed by atoms with Gasteiger partial charge in [0.2, 0.25) is 5.75 Å². The van der Waals surface area contributed by atoms with Crippen molar-refractivity contribution >= 4 is 5.91 Å². The molecule has 1 saturated heterocycles. The standard InChI is InChI=1S/C22H28N2O5/c1-23-13-21(25)24(2,26)14-18(23)10-15-6-8-16(9-7-15)17-11-19(27-3)22(29-5)20(12-17)28-4/h6-9,11-12,18H,10,13-14H2,1-5H3. The van der Waals surface area contributed by atoms with Gasteiger partial charge in [0.1, 0.15) is 13.1 Å². The molecule has 0 saturated carbocycles. The molecule has 1 amide bonds. The van der Waals surface area contributed by atoms with Gasteiger partial charge in [-0.25, -0.2) is 4.79 Å². The molecule has 0 spiro atoms. The molecule has 0 N–H and O–H groups in total. The predicted octanol–water partition coefficient (Wildman–Crippen LogP) is 2.71. The number of carbonyl (C=O) groups is 1. The Morgan fingerprint density at radius 3 is 2.14 bits per heavy atom. The zero-order chi connectivity index (χ0) is 21.2. The Morgan fingerprint density at radius 2 is 1.62 bits per heavy atom. The Bertz CT molecular complexity index is 854. The lowest BCUT2D eigenvalue weighted by Crippen LogP contribution is -2.61. The fraction of sp³-hybridized carbons (Fsp3) is 0.409. The van der Waals surface area contributed by atoms with E-state index in [1.54, 1.807) is 21.3 Å². The van der Waals surface area contributed by atoms with Gasteiger partial charge in [0.25, 0.3) is 0 Å². The molecular formula is C22H28N2O5. The maximum Gasteiger partial charge on any atom is 0.327 e. The van der Waals surface area contributed by atoms with Crippen molar-refractivity contribution in [1.82, 2.24) is 4.90 Å². The average Bonchev–Trinajstić information content (AvgIpc) is 2.71. The van der Waals surface area contributed by atoms with Crippen LogP contribution in [-0.4, -0.2) is 70.0 Å². The number of piperazine rings is 1. The van der Waals surface area contributed by atoms with Gasteiger partial charge in [0, 0.05) is 0 Å². The molecule has 29 heavy (non-hydrogen) atoms. The highest BCUT2D eigenvalue weighted by atomic mass is 16.6. The highest BCUT2D eigenvalue weighted by molar-refractivity contribution is 5.72. The third-order valence-electron chi connectivity index (χ3n) is 5.52. The summed E-state index contributed by atoms with van der Waals surface area (Å²) in [6.45, 7) is 0.456. The van der Waals surface area contributed by atoms with E-state index in [0.717, 1.165) is 23.1 Å². The second-order valence-corrected chi connectivity index (χ2v) is 7.56. The molecule has 0 radical (unpaired) electrons. The smallest absolute Gasteiger partial charge is 0.327 e. The molecule has 0 aromatic heterocycles. The molecule has 3 rings (SSSR count). The number of likely N-dealkylation sites (N-methyl/N-ethyl adjacent to an activating group) is 2. The van der Waals surface area contributed by atoms with Crippen molar-refractivity contribution in [3.8, 4) is 28.4 Å². The predicted molar refractivity (Wildman–Crippen MR) is 111 cm³/mol. The van der Waals surface area contributed by atoms with Gasteiger partial charge < -0.3 is 19.4 Å². The molecule has 7 heteroatoms. The molecule has 1 aliphatic rings. The van der Waals surface area contributed by atoms with E-state index in [2.05, 4.69) is 12.1 Å². The SMILES string of the molecule is COc1cc(-c2ccc(CC3C[N+](C)([O-])C(=O)CN3C)cc2)cc(OC)c1OC. The lowest BCUT2D eigenvalue weighted by atomic mass is 9.98. The largest absolute Gasteiger partial charge is 0.625 e. The van der Waals surface area contributed by atoms with Gasteiger partial charge in [-0.1, -0.05) is 24.3 Å². The van der Waals surface area contributed by atoms with E-state index in [4.69, 9.17) is 14.2 Å². The molecule has 1 aliphatic heterocycles. The Hall–Kier alpha value is -2.61. The molecule has 7 nitrogen and oxygen atoms in total. The first-order valence-corrected chi connectivity index (χ1v) is 9.48. The lowest BCUT2D eigenvalue weighted by molar-refractivity contribution is -0.790. The van der Waals surface area contributed by atoms with E-state index >= 15 is 0 Å². The molecule has 0 aliphatic carbocycles. The topological polar surface area (TPSA) is 71.1 Å². The Balaban J connectivity index is 1.81. The van der Waals surface area contributed by atoms with Gasteiger partial charge in [-0.3, -0.25) is 9.55 Å². The van der Waals surface area contributed by atoms with Gasteiger partial charge in [-0.2, -0.15) is 0 Å². The number of hydrogen-bond donors (Lipinski definition) is 0. The normalized spacial score (nSPS) is 22.4. The zero-order valence-corrected chi connectivity index (χ0v) is 17.6. The summed E-state index contributed by atoms with van der Waals surface area (Å²) in [6, 6.07) is 12.0. The molecule has 2 unspecified atom stereocenters. The van der Waals surface area contributed by atoms with E-state index in [0.29, 0.717) is 17.2 Å². The van der Waals surface area contributed by atoms with Crippen molar-refractivity contribution in [2.24, 2.45) is 0 Å². The van der Waals surface area contributed by atoms with Crippen LogP contribution in [0.4, 0.5) is 0 Å². The minimum absolute atomic E-state index is 0.0298. The Morgan fingerprint density at radius 1 is 1.03 bits per heavy atom. The molecule has 0 bridgehead atoms. The van der Waals surface area contributed by atoms with Crippen LogP contribution in [0.5, 0.6) is 17.2 Å². The third-order valence-corrected chi connectivity index (χ3v) is 5.52. The highest BCUT2D eigenvalue weighted by Gasteiger charge is 2.36. The van der Waals surface area contributed by atoms with Crippen molar-refractivity contribution < 1.29 is 23.7 Å². The van der Waals surface area contributed by atoms with Gasteiger partial charge in [-0.15, -0.1) is 0 Å². The number of rotatable bonds is 6. The van der Waals surface area contributed by atoms with Crippen molar-refractivity contribution in [3.05, 3.63) is 47.2 Å². The lowest BCUT2D eigenvalue weighted by Gasteiger charge is -2.45. The molecule has 2 aromatic rings. The maximum atomic E-state index is 12.3. The summed E-state index contributed by atoms with van der Waals surface area (Å²) in [7, 11) is 8.11. The molecule has 156 valence electrons. The van der Waals surface area contributed by atoms with Crippen LogP contribution in [0.2, 0.25) is 0 Å². The highest BCUT2D eigenvalue weighted by Crippen LogP contribution is 2.41. The first-order valence-electron chi connectivity index (χ1n) is 9.48.